The molecule has 1 heterocycles. The van der Waals surface area contributed by atoms with Gasteiger partial charge in [-0.15, -0.1) is 0 Å². The number of amides is 5. The third-order valence-electron chi connectivity index (χ3n) is 2.79. The predicted octanol–water partition coefficient (Wildman–Crippen LogP) is -0.747. The minimum absolute atomic E-state index is 0.128. The molecule has 5 amide bonds. The normalized spacial score (nSPS) is 19.1. The zero-order valence-electron chi connectivity index (χ0n) is 10.3. The zero-order valence-corrected chi connectivity index (χ0v) is 10.3. The number of carbonyl (C=O) groups excluding carboxylic acids is 4. The standard InChI is InChI=1S/C9H13N3O6/c1-9(12(17)8(16)18-4)5(13)10(2)7(15)11(3)6(9)14/h17H,1-4H3. The average molecular weight is 259 g/mol. The zero-order chi connectivity index (χ0) is 14.2. The van der Waals surface area contributed by atoms with Crippen molar-refractivity contribution < 1.29 is 29.1 Å². The second kappa shape index (κ2) is 4.26. The van der Waals surface area contributed by atoms with Gasteiger partial charge in [-0.2, -0.15) is 5.06 Å². The summed E-state index contributed by atoms with van der Waals surface area (Å²) in [7, 11) is 3.25. The number of likely N-dealkylation sites (N-methyl/N-ethyl adjacent to an activating group) is 2. The highest BCUT2D eigenvalue weighted by Gasteiger charge is 2.58. The highest BCUT2D eigenvalue weighted by atomic mass is 16.6. The lowest BCUT2D eigenvalue weighted by atomic mass is 9.96. The number of nitrogens with zero attached hydrogens (tertiary/aromatic N) is 3. The van der Waals surface area contributed by atoms with Gasteiger partial charge in [-0.05, 0) is 6.92 Å². The van der Waals surface area contributed by atoms with Crippen molar-refractivity contribution in [2.24, 2.45) is 0 Å². The number of rotatable bonds is 1. The van der Waals surface area contributed by atoms with E-state index < -0.39 is 29.5 Å². The van der Waals surface area contributed by atoms with Crippen LogP contribution in [0.4, 0.5) is 9.59 Å². The van der Waals surface area contributed by atoms with E-state index in [1.54, 1.807) is 0 Å². The number of ether oxygens (including phenoxy) is 1. The molecule has 1 aliphatic heterocycles. The van der Waals surface area contributed by atoms with Gasteiger partial charge in [0.05, 0.1) is 7.11 Å². The Bertz CT molecular complexity index is 410. The first-order valence-electron chi connectivity index (χ1n) is 4.86. The van der Waals surface area contributed by atoms with Crippen LogP contribution >= 0.6 is 0 Å². The number of methoxy groups -OCH3 is 1. The summed E-state index contributed by atoms with van der Waals surface area (Å²) in [5.74, 6) is -2.05. The Labute approximate surface area is 102 Å². The van der Waals surface area contributed by atoms with Crippen LogP contribution in [0.5, 0.6) is 0 Å². The Hall–Kier alpha value is -2.16. The van der Waals surface area contributed by atoms with E-state index in [0.29, 0.717) is 9.80 Å². The topological polar surface area (TPSA) is 107 Å². The van der Waals surface area contributed by atoms with Crippen LogP contribution in [0.2, 0.25) is 0 Å². The molecule has 18 heavy (non-hydrogen) atoms. The fourth-order valence-corrected chi connectivity index (χ4v) is 1.59. The monoisotopic (exact) mass is 259 g/mol. The molecule has 1 rings (SSSR count). The Morgan fingerprint density at radius 3 is 1.94 bits per heavy atom. The molecule has 9 heteroatoms. The van der Waals surface area contributed by atoms with Crippen molar-refractivity contribution in [3.63, 3.8) is 0 Å². The van der Waals surface area contributed by atoms with Gasteiger partial charge in [0.15, 0.2) is 0 Å². The maximum absolute atomic E-state index is 11.9. The van der Waals surface area contributed by atoms with E-state index in [0.717, 1.165) is 28.1 Å². The molecule has 1 aliphatic rings. The van der Waals surface area contributed by atoms with Crippen molar-refractivity contribution in [3.05, 3.63) is 0 Å². The van der Waals surface area contributed by atoms with Crippen molar-refractivity contribution >= 4 is 23.9 Å². The van der Waals surface area contributed by atoms with Crippen LogP contribution in [0, 0.1) is 0 Å². The number of hydrogen-bond donors (Lipinski definition) is 1. The summed E-state index contributed by atoms with van der Waals surface area (Å²) in [5, 5.41) is 9.49. The Balaban J connectivity index is 3.27. The second-order valence-electron chi connectivity index (χ2n) is 3.86. The van der Waals surface area contributed by atoms with Crippen LogP contribution in [-0.2, 0) is 14.3 Å². The molecule has 9 nitrogen and oxygen atoms in total. The molecule has 0 saturated carbocycles. The van der Waals surface area contributed by atoms with Gasteiger partial charge in [0.25, 0.3) is 11.8 Å². The quantitative estimate of drug-likeness (QED) is 0.377. The van der Waals surface area contributed by atoms with Crippen LogP contribution < -0.4 is 0 Å². The van der Waals surface area contributed by atoms with Crippen molar-refractivity contribution in [1.29, 1.82) is 0 Å². The smallest absolute Gasteiger partial charge is 0.435 e. The van der Waals surface area contributed by atoms with Gasteiger partial charge in [-0.25, -0.2) is 9.59 Å². The third-order valence-corrected chi connectivity index (χ3v) is 2.79. The maximum Gasteiger partial charge on any atom is 0.435 e. The highest BCUT2D eigenvalue weighted by molar-refractivity contribution is 6.22. The second-order valence-corrected chi connectivity index (χ2v) is 3.86. The van der Waals surface area contributed by atoms with Gasteiger partial charge in [-0.3, -0.25) is 24.6 Å². The fourth-order valence-electron chi connectivity index (χ4n) is 1.59. The summed E-state index contributed by atoms with van der Waals surface area (Å²) >= 11 is 0. The highest BCUT2D eigenvalue weighted by Crippen LogP contribution is 2.25. The SMILES string of the molecule is COC(=O)N(O)C1(C)C(=O)N(C)C(=O)N(C)C1=O. The van der Waals surface area contributed by atoms with E-state index in [4.69, 9.17) is 0 Å². The van der Waals surface area contributed by atoms with E-state index in [2.05, 4.69) is 4.74 Å². The molecule has 1 N–H and O–H groups in total. The van der Waals surface area contributed by atoms with Gasteiger partial charge in [0.2, 0.25) is 5.54 Å². The number of hydrogen-bond acceptors (Lipinski definition) is 6. The van der Waals surface area contributed by atoms with Crippen LogP contribution in [0.25, 0.3) is 0 Å². The summed E-state index contributed by atoms with van der Waals surface area (Å²) in [6, 6.07) is -0.847. The van der Waals surface area contributed by atoms with Crippen LogP contribution in [0.15, 0.2) is 0 Å². The predicted molar refractivity (Wildman–Crippen MR) is 55.4 cm³/mol. The van der Waals surface area contributed by atoms with Gasteiger partial charge in [-0.1, -0.05) is 0 Å². The van der Waals surface area contributed by atoms with Gasteiger partial charge in [0, 0.05) is 14.1 Å². The summed E-state index contributed by atoms with van der Waals surface area (Å²) in [5.41, 5.74) is -2.23. The third kappa shape index (κ3) is 1.59. The lowest BCUT2D eigenvalue weighted by molar-refractivity contribution is -0.186. The molecule has 1 fully saturated rings. The molecule has 0 spiro atoms. The van der Waals surface area contributed by atoms with Gasteiger partial charge < -0.3 is 4.74 Å². The summed E-state index contributed by atoms with van der Waals surface area (Å²) in [4.78, 5) is 47.8. The summed E-state index contributed by atoms with van der Waals surface area (Å²) < 4.78 is 4.23. The van der Waals surface area contributed by atoms with Crippen molar-refractivity contribution in [1.82, 2.24) is 14.9 Å². The Kier molecular flexibility index (Phi) is 3.29. The number of urea groups is 1. The number of imide groups is 2. The average Bonchev–Trinajstić information content (AvgIpc) is 2.38. The molecule has 0 unspecified atom stereocenters. The lowest BCUT2D eigenvalue weighted by Gasteiger charge is -2.41. The number of hydroxylamine groups is 2. The van der Waals surface area contributed by atoms with Crippen LogP contribution in [-0.4, -0.2) is 70.8 Å². The van der Waals surface area contributed by atoms with Gasteiger partial charge in [0.1, 0.15) is 0 Å². The van der Waals surface area contributed by atoms with E-state index in [-0.39, 0.29) is 5.06 Å². The van der Waals surface area contributed by atoms with Crippen LogP contribution in [0.1, 0.15) is 6.92 Å². The van der Waals surface area contributed by atoms with Crippen molar-refractivity contribution in [3.8, 4) is 0 Å². The first-order valence-corrected chi connectivity index (χ1v) is 4.86. The van der Waals surface area contributed by atoms with Crippen molar-refractivity contribution in [2.75, 3.05) is 21.2 Å². The fraction of sp³-hybridized carbons (Fsp3) is 0.556. The Morgan fingerprint density at radius 2 is 1.61 bits per heavy atom. The molecular weight excluding hydrogens is 246 g/mol. The molecule has 100 valence electrons. The number of barbiturate groups is 1. The largest absolute Gasteiger partial charge is 0.451 e. The first kappa shape index (κ1) is 13.9. The molecule has 0 radical (unpaired) electrons. The summed E-state index contributed by atoms with van der Waals surface area (Å²) in [6.07, 6.45) is -1.28. The Morgan fingerprint density at radius 1 is 1.22 bits per heavy atom. The van der Waals surface area contributed by atoms with Crippen molar-refractivity contribution in [2.45, 2.75) is 12.5 Å². The van der Waals surface area contributed by atoms with Gasteiger partial charge >= 0.3 is 12.1 Å². The van der Waals surface area contributed by atoms with E-state index in [9.17, 15) is 24.4 Å². The van der Waals surface area contributed by atoms with E-state index >= 15 is 0 Å². The molecule has 0 aliphatic carbocycles. The molecular formula is C9H13N3O6. The maximum atomic E-state index is 11.9. The molecule has 0 atom stereocenters. The minimum atomic E-state index is -2.23. The number of carbonyl (C=O) groups is 4. The lowest BCUT2D eigenvalue weighted by Crippen LogP contribution is -2.72. The molecule has 0 aromatic heterocycles. The van der Waals surface area contributed by atoms with Crippen LogP contribution in [0.3, 0.4) is 0 Å². The molecule has 1 saturated heterocycles. The molecule has 0 aromatic carbocycles. The van der Waals surface area contributed by atoms with E-state index in [1.807, 2.05) is 0 Å². The minimum Gasteiger partial charge on any atom is -0.451 e. The first-order chi connectivity index (χ1) is 8.19. The molecule has 0 bridgehead atoms. The molecule has 0 aromatic rings. The summed E-state index contributed by atoms with van der Waals surface area (Å²) in [6.45, 7) is 1.02. The van der Waals surface area contributed by atoms with E-state index in [1.165, 1.54) is 0 Å².